The molecular formula is C15H23FN2O2S2. The first-order valence-electron chi connectivity index (χ1n) is 7.33. The van der Waals surface area contributed by atoms with Crippen LogP contribution < -0.4 is 5.32 Å². The molecule has 124 valence electrons. The molecule has 1 aliphatic rings. The van der Waals surface area contributed by atoms with Gasteiger partial charge in [0.25, 0.3) is 0 Å². The maximum atomic E-state index is 13.8. The van der Waals surface area contributed by atoms with Gasteiger partial charge in [0.2, 0.25) is 10.0 Å². The lowest BCUT2D eigenvalue weighted by atomic mass is 10.1. The smallest absolute Gasteiger partial charge is 0.211 e. The minimum Gasteiger partial charge on any atom is -0.310 e. The molecule has 4 nitrogen and oxygen atoms in total. The Hall–Kier alpha value is -0.630. The van der Waals surface area contributed by atoms with Crippen LogP contribution in [0.2, 0.25) is 0 Å². The number of hydrogen-bond acceptors (Lipinski definition) is 4. The number of benzene rings is 1. The van der Waals surface area contributed by atoms with Crippen LogP contribution in [0.3, 0.4) is 0 Å². The van der Waals surface area contributed by atoms with Gasteiger partial charge in [0, 0.05) is 24.0 Å². The van der Waals surface area contributed by atoms with Crippen molar-refractivity contribution in [2.75, 3.05) is 32.1 Å². The van der Waals surface area contributed by atoms with E-state index < -0.39 is 10.0 Å². The third-order valence-electron chi connectivity index (χ3n) is 4.11. The Morgan fingerprint density at radius 2 is 2.23 bits per heavy atom. The van der Waals surface area contributed by atoms with Gasteiger partial charge in [0.1, 0.15) is 5.82 Å². The largest absolute Gasteiger partial charge is 0.310 e. The fraction of sp³-hybridized carbons (Fsp3) is 0.600. The SMILES string of the molecule is CSc1ccc([C@H](C)NC[C@@H]2CCN(S(C)(=O)=O)C2)cc1F. The fourth-order valence-electron chi connectivity index (χ4n) is 2.68. The predicted octanol–water partition coefficient (Wildman–Crippen LogP) is 2.48. The Morgan fingerprint density at radius 3 is 2.77 bits per heavy atom. The maximum absolute atomic E-state index is 13.8. The van der Waals surface area contributed by atoms with Crippen LogP contribution in [0.4, 0.5) is 4.39 Å². The van der Waals surface area contributed by atoms with Crippen molar-refractivity contribution in [3.05, 3.63) is 29.6 Å². The van der Waals surface area contributed by atoms with E-state index in [1.807, 2.05) is 19.2 Å². The summed E-state index contributed by atoms with van der Waals surface area (Å²) in [6.07, 6.45) is 3.97. The first kappa shape index (κ1) is 17.7. The average Bonchev–Trinajstić information content (AvgIpc) is 2.93. The second kappa shape index (κ2) is 7.29. The van der Waals surface area contributed by atoms with Gasteiger partial charge in [-0.3, -0.25) is 0 Å². The summed E-state index contributed by atoms with van der Waals surface area (Å²) in [5.41, 5.74) is 0.910. The molecule has 1 saturated heterocycles. The third kappa shape index (κ3) is 4.44. The van der Waals surface area contributed by atoms with Crippen LogP contribution in [-0.2, 0) is 10.0 Å². The zero-order valence-corrected chi connectivity index (χ0v) is 14.8. The topological polar surface area (TPSA) is 49.4 Å². The van der Waals surface area contributed by atoms with Gasteiger partial charge in [-0.15, -0.1) is 11.8 Å². The van der Waals surface area contributed by atoms with Crippen LogP contribution in [0.1, 0.15) is 24.9 Å². The lowest BCUT2D eigenvalue weighted by Gasteiger charge is -2.18. The van der Waals surface area contributed by atoms with Gasteiger partial charge < -0.3 is 5.32 Å². The van der Waals surface area contributed by atoms with Crippen molar-refractivity contribution in [3.63, 3.8) is 0 Å². The first-order valence-corrected chi connectivity index (χ1v) is 10.4. The van der Waals surface area contributed by atoms with Gasteiger partial charge in [-0.2, -0.15) is 0 Å². The van der Waals surface area contributed by atoms with Crippen molar-refractivity contribution in [1.82, 2.24) is 9.62 Å². The van der Waals surface area contributed by atoms with Gasteiger partial charge in [0.15, 0.2) is 0 Å². The minimum absolute atomic E-state index is 0.0395. The van der Waals surface area contributed by atoms with Crippen LogP contribution in [0, 0.1) is 11.7 Å². The predicted molar refractivity (Wildman–Crippen MR) is 89.1 cm³/mol. The normalized spacial score (nSPS) is 21.2. The van der Waals surface area contributed by atoms with Crippen molar-refractivity contribution < 1.29 is 12.8 Å². The summed E-state index contributed by atoms with van der Waals surface area (Å²) in [5, 5.41) is 3.38. The number of nitrogens with one attached hydrogen (secondary N) is 1. The Morgan fingerprint density at radius 1 is 1.50 bits per heavy atom. The summed E-state index contributed by atoms with van der Waals surface area (Å²) < 4.78 is 38.3. The zero-order chi connectivity index (χ0) is 16.3. The zero-order valence-electron chi connectivity index (χ0n) is 13.2. The molecule has 1 aromatic rings. The molecule has 0 spiro atoms. The molecule has 22 heavy (non-hydrogen) atoms. The highest BCUT2D eigenvalue weighted by Gasteiger charge is 2.28. The molecule has 1 N–H and O–H groups in total. The second-order valence-electron chi connectivity index (χ2n) is 5.80. The highest BCUT2D eigenvalue weighted by Crippen LogP contribution is 2.24. The first-order chi connectivity index (χ1) is 10.3. The lowest BCUT2D eigenvalue weighted by Crippen LogP contribution is -2.31. The van der Waals surface area contributed by atoms with Gasteiger partial charge in [-0.05, 0) is 49.8 Å². The molecule has 1 aliphatic heterocycles. The lowest BCUT2D eigenvalue weighted by molar-refractivity contribution is 0.432. The fourth-order valence-corrected chi connectivity index (χ4v) is 4.05. The third-order valence-corrected chi connectivity index (χ3v) is 6.15. The van der Waals surface area contributed by atoms with Gasteiger partial charge >= 0.3 is 0 Å². The molecule has 0 aromatic heterocycles. The molecule has 1 aromatic carbocycles. The molecule has 0 radical (unpaired) electrons. The molecule has 0 aliphatic carbocycles. The van der Waals surface area contributed by atoms with Crippen molar-refractivity contribution in [1.29, 1.82) is 0 Å². The quantitative estimate of drug-likeness (QED) is 0.804. The number of rotatable bonds is 6. The van der Waals surface area contributed by atoms with Gasteiger partial charge in [-0.1, -0.05) is 6.07 Å². The standard InChI is InChI=1S/C15H23FN2O2S2/c1-11(13-4-5-15(21-2)14(16)8-13)17-9-12-6-7-18(10-12)22(3,19)20/h4-5,8,11-12,17H,6-7,9-10H2,1-3H3/t11-,12-/m0/s1. The molecule has 0 bridgehead atoms. The molecular weight excluding hydrogens is 323 g/mol. The van der Waals surface area contributed by atoms with E-state index in [2.05, 4.69) is 5.32 Å². The summed E-state index contributed by atoms with van der Waals surface area (Å²) in [6.45, 7) is 3.89. The summed E-state index contributed by atoms with van der Waals surface area (Å²) in [7, 11) is -3.09. The number of nitrogens with zero attached hydrogens (tertiary/aromatic N) is 1. The molecule has 0 amide bonds. The van der Waals surface area contributed by atoms with Crippen LogP contribution in [-0.4, -0.2) is 44.9 Å². The Kier molecular flexibility index (Phi) is 5.87. The molecule has 2 atom stereocenters. The number of thioether (sulfide) groups is 1. The Labute approximate surface area is 136 Å². The second-order valence-corrected chi connectivity index (χ2v) is 8.63. The van der Waals surface area contributed by atoms with E-state index in [4.69, 9.17) is 0 Å². The van der Waals surface area contributed by atoms with Crippen molar-refractivity contribution in [2.45, 2.75) is 24.3 Å². The van der Waals surface area contributed by atoms with E-state index in [-0.39, 0.29) is 11.9 Å². The van der Waals surface area contributed by atoms with E-state index in [0.29, 0.717) is 23.9 Å². The maximum Gasteiger partial charge on any atom is 0.211 e. The molecule has 7 heteroatoms. The number of sulfonamides is 1. The number of halogens is 1. The molecule has 2 rings (SSSR count). The average molecular weight is 346 g/mol. The van der Waals surface area contributed by atoms with E-state index in [9.17, 15) is 12.8 Å². The van der Waals surface area contributed by atoms with Crippen LogP contribution in [0.15, 0.2) is 23.1 Å². The van der Waals surface area contributed by atoms with Crippen molar-refractivity contribution in [2.24, 2.45) is 5.92 Å². The summed E-state index contributed by atoms with van der Waals surface area (Å²) in [4.78, 5) is 0.649. The molecule has 1 fully saturated rings. The monoisotopic (exact) mass is 346 g/mol. The van der Waals surface area contributed by atoms with Crippen LogP contribution in [0.25, 0.3) is 0 Å². The van der Waals surface area contributed by atoms with Crippen LogP contribution in [0.5, 0.6) is 0 Å². The van der Waals surface area contributed by atoms with Crippen molar-refractivity contribution in [3.8, 4) is 0 Å². The van der Waals surface area contributed by atoms with E-state index in [1.165, 1.54) is 22.3 Å². The van der Waals surface area contributed by atoms with Crippen LogP contribution >= 0.6 is 11.8 Å². The molecule has 0 unspecified atom stereocenters. The molecule has 0 saturated carbocycles. The summed E-state index contributed by atoms with van der Waals surface area (Å²) in [6, 6.07) is 5.34. The van der Waals surface area contributed by atoms with E-state index in [1.54, 1.807) is 12.1 Å². The summed E-state index contributed by atoms with van der Waals surface area (Å²) in [5.74, 6) is 0.121. The Balaban J connectivity index is 1.88. The van der Waals surface area contributed by atoms with E-state index >= 15 is 0 Å². The van der Waals surface area contributed by atoms with E-state index in [0.717, 1.165) is 18.5 Å². The minimum atomic E-state index is -3.09. The molecule has 1 heterocycles. The summed E-state index contributed by atoms with van der Waals surface area (Å²) >= 11 is 1.39. The highest BCUT2D eigenvalue weighted by atomic mass is 32.2. The Bertz CT molecular complexity index is 622. The van der Waals surface area contributed by atoms with Gasteiger partial charge in [-0.25, -0.2) is 17.1 Å². The highest BCUT2D eigenvalue weighted by molar-refractivity contribution is 7.98. The van der Waals surface area contributed by atoms with Gasteiger partial charge in [0.05, 0.1) is 6.26 Å². The van der Waals surface area contributed by atoms with Crippen molar-refractivity contribution >= 4 is 21.8 Å². The number of hydrogen-bond donors (Lipinski definition) is 1.